The van der Waals surface area contributed by atoms with Gasteiger partial charge < -0.3 is 0 Å². The van der Waals surface area contributed by atoms with Crippen molar-refractivity contribution in [2.24, 2.45) is 5.41 Å². The van der Waals surface area contributed by atoms with E-state index in [0.29, 0.717) is 5.41 Å². The van der Waals surface area contributed by atoms with Crippen LogP contribution in [0.4, 0.5) is 0 Å². The fraction of sp³-hybridized carbons (Fsp3) is 0.474. The van der Waals surface area contributed by atoms with E-state index < -0.39 is 0 Å². The molecule has 0 radical (unpaired) electrons. The fourth-order valence-electron chi connectivity index (χ4n) is 3.88. The Balaban J connectivity index is 2.62. The minimum atomic E-state index is 0.295. The van der Waals surface area contributed by atoms with Crippen molar-refractivity contribution in [1.29, 1.82) is 0 Å². The Hall–Kier alpha value is -1.30. The molecule has 0 unspecified atom stereocenters. The van der Waals surface area contributed by atoms with Crippen molar-refractivity contribution in [1.82, 2.24) is 0 Å². The summed E-state index contributed by atoms with van der Waals surface area (Å²) in [5.74, 6) is 0. The zero-order valence-electron chi connectivity index (χ0n) is 12.6. The van der Waals surface area contributed by atoms with Gasteiger partial charge in [-0.25, -0.2) is 0 Å². The maximum atomic E-state index is 4.06. The van der Waals surface area contributed by atoms with Gasteiger partial charge in [0, 0.05) is 5.41 Å². The predicted molar refractivity (Wildman–Crippen MR) is 85.1 cm³/mol. The summed E-state index contributed by atoms with van der Waals surface area (Å²) >= 11 is 0. The van der Waals surface area contributed by atoms with Gasteiger partial charge in [0.05, 0.1) is 0 Å². The van der Waals surface area contributed by atoms with Crippen LogP contribution in [-0.2, 0) is 0 Å². The van der Waals surface area contributed by atoms with Gasteiger partial charge in [0.2, 0.25) is 0 Å². The Labute approximate surface area is 118 Å². The zero-order valence-corrected chi connectivity index (χ0v) is 12.6. The highest BCUT2D eigenvalue weighted by Crippen LogP contribution is 2.56. The SMILES string of the molecule is C=CC1=C(/C=C\C)C2(CCCCC2)C(C)=C1/C=C\C. The molecule has 0 nitrogen and oxygen atoms in total. The van der Waals surface area contributed by atoms with Crippen LogP contribution >= 0.6 is 0 Å². The Kier molecular flexibility index (Phi) is 4.29. The van der Waals surface area contributed by atoms with Crippen molar-refractivity contribution in [2.45, 2.75) is 52.9 Å². The van der Waals surface area contributed by atoms with Gasteiger partial charge in [0.15, 0.2) is 0 Å². The fourth-order valence-corrected chi connectivity index (χ4v) is 3.88. The van der Waals surface area contributed by atoms with Crippen LogP contribution < -0.4 is 0 Å². The van der Waals surface area contributed by atoms with Crippen molar-refractivity contribution in [3.05, 3.63) is 59.3 Å². The highest BCUT2D eigenvalue weighted by atomic mass is 14.5. The summed E-state index contributed by atoms with van der Waals surface area (Å²) in [5.41, 5.74) is 6.13. The number of hydrogen-bond donors (Lipinski definition) is 0. The summed E-state index contributed by atoms with van der Waals surface area (Å²) in [6.45, 7) is 10.6. The summed E-state index contributed by atoms with van der Waals surface area (Å²) in [6, 6.07) is 0. The van der Waals surface area contributed by atoms with Crippen molar-refractivity contribution >= 4 is 0 Å². The third kappa shape index (κ3) is 2.18. The van der Waals surface area contributed by atoms with Gasteiger partial charge in [-0.3, -0.25) is 0 Å². The normalized spacial score (nSPS) is 23.3. The Morgan fingerprint density at radius 1 is 0.947 bits per heavy atom. The van der Waals surface area contributed by atoms with Crippen LogP contribution in [0.1, 0.15) is 52.9 Å². The number of allylic oxidation sites excluding steroid dienone is 9. The van der Waals surface area contributed by atoms with E-state index in [2.05, 4.69) is 57.7 Å². The molecule has 19 heavy (non-hydrogen) atoms. The molecule has 0 bridgehead atoms. The minimum Gasteiger partial charge on any atom is -0.0984 e. The summed E-state index contributed by atoms with van der Waals surface area (Å²) in [5, 5.41) is 0. The number of hydrogen-bond acceptors (Lipinski definition) is 0. The van der Waals surface area contributed by atoms with Crippen LogP contribution in [0.5, 0.6) is 0 Å². The lowest BCUT2D eigenvalue weighted by Gasteiger charge is -2.37. The molecule has 0 atom stereocenters. The van der Waals surface area contributed by atoms with Crippen molar-refractivity contribution in [2.75, 3.05) is 0 Å². The summed E-state index contributed by atoms with van der Waals surface area (Å²) in [6.07, 6.45) is 17.7. The van der Waals surface area contributed by atoms with Gasteiger partial charge in [-0.1, -0.05) is 61.8 Å². The second kappa shape index (κ2) is 5.77. The third-order valence-electron chi connectivity index (χ3n) is 4.80. The monoisotopic (exact) mass is 254 g/mol. The molecule has 0 aromatic rings. The van der Waals surface area contributed by atoms with Gasteiger partial charge in [-0.05, 0) is 50.3 Å². The highest BCUT2D eigenvalue weighted by Gasteiger charge is 2.42. The first-order chi connectivity index (χ1) is 9.21. The molecule has 2 aliphatic rings. The van der Waals surface area contributed by atoms with E-state index in [4.69, 9.17) is 0 Å². The van der Waals surface area contributed by atoms with Crippen LogP contribution in [-0.4, -0.2) is 0 Å². The molecule has 1 fully saturated rings. The molecule has 1 saturated carbocycles. The van der Waals surface area contributed by atoms with E-state index in [0.717, 1.165) is 0 Å². The Bertz CT molecular complexity index is 474. The average Bonchev–Trinajstić information content (AvgIpc) is 2.64. The van der Waals surface area contributed by atoms with Crippen LogP contribution in [0.2, 0.25) is 0 Å². The molecular formula is C19H26. The second-order valence-electron chi connectivity index (χ2n) is 5.71. The quantitative estimate of drug-likeness (QED) is 0.588. The lowest BCUT2D eigenvalue weighted by molar-refractivity contribution is 0.299. The van der Waals surface area contributed by atoms with Gasteiger partial charge in [0.25, 0.3) is 0 Å². The molecule has 102 valence electrons. The molecule has 2 aliphatic carbocycles. The largest absolute Gasteiger partial charge is 0.0984 e. The average molecular weight is 254 g/mol. The van der Waals surface area contributed by atoms with E-state index >= 15 is 0 Å². The smallest absolute Gasteiger partial charge is 0.0174 e. The predicted octanol–water partition coefficient (Wildman–Crippen LogP) is 5.90. The third-order valence-corrected chi connectivity index (χ3v) is 4.80. The van der Waals surface area contributed by atoms with E-state index in [1.54, 1.807) is 5.57 Å². The molecule has 2 rings (SSSR count). The lowest BCUT2D eigenvalue weighted by Crippen LogP contribution is -2.25. The lowest BCUT2D eigenvalue weighted by atomic mass is 9.66. The Morgan fingerprint density at radius 3 is 2.11 bits per heavy atom. The van der Waals surface area contributed by atoms with Gasteiger partial charge in [-0.15, -0.1) is 0 Å². The van der Waals surface area contributed by atoms with Crippen molar-refractivity contribution in [3.8, 4) is 0 Å². The molecule has 0 heteroatoms. The second-order valence-corrected chi connectivity index (χ2v) is 5.71. The summed E-state index contributed by atoms with van der Waals surface area (Å²) in [7, 11) is 0. The van der Waals surface area contributed by atoms with Gasteiger partial charge in [0.1, 0.15) is 0 Å². The zero-order chi connectivity index (χ0) is 13.9. The standard InChI is InChI=1S/C19H26/c1-5-11-17-15(4)19(13-9-8-10-14-19)18(12-6-2)16(17)7-3/h5-7,11-12H,3,8-10,13-14H2,1-2,4H3/b11-5-,12-6-. The minimum absolute atomic E-state index is 0.295. The molecule has 0 aromatic heterocycles. The summed E-state index contributed by atoms with van der Waals surface area (Å²) in [4.78, 5) is 0. The molecule has 0 amide bonds. The highest BCUT2D eigenvalue weighted by molar-refractivity contribution is 5.64. The molecule has 0 aromatic carbocycles. The molecule has 0 heterocycles. The molecule has 0 saturated heterocycles. The van der Waals surface area contributed by atoms with Crippen LogP contribution in [0.25, 0.3) is 0 Å². The van der Waals surface area contributed by atoms with E-state index in [-0.39, 0.29) is 0 Å². The summed E-state index contributed by atoms with van der Waals surface area (Å²) < 4.78 is 0. The van der Waals surface area contributed by atoms with Crippen LogP contribution in [0, 0.1) is 5.41 Å². The van der Waals surface area contributed by atoms with Crippen LogP contribution in [0.15, 0.2) is 59.3 Å². The van der Waals surface area contributed by atoms with Gasteiger partial charge in [-0.2, -0.15) is 0 Å². The topological polar surface area (TPSA) is 0 Å². The van der Waals surface area contributed by atoms with E-state index in [1.807, 2.05) is 0 Å². The molecule has 0 N–H and O–H groups in total. The first-order valence-corrected chi connectivity index (χ1v) is 7.55. The van der Waals surface area contributed by atoms with E-state index in [9.17, 15) is 0 Å². The number of rotatable bonds is 3. The van der Waals surface area contributed by atoms with Crippen LogP contribution in [0.3, 0.4) is 0 Å². The first kappa shape index (κ1) is 14.1. The van der Waals surface area contributed by atoms with Crippen molar-refractivity contribution in [3.63, 3.8) is 0 Å². The molecule has 1 spiro atoms. The van der Waals surface area contributed by atoms with E-state index in [1.165, 1.54) is 48.8 Å². The maximum absolute atomic E-state index is 4.06. The molecule has 0 aliphatic heterocycles. The molecular weight excluding hydrogens is 228 g/mol. The first-order valence-electron chi connectivity index (χ1n) is 7.55. The van der Waals surface area contributed by atoms with Gasteiger partial charge >= 0.3 is 0 Å². The Morgan fingerprint density at radius 2 is 1.58 bits per heavy atom. The van der Waals surface area contributed by atoms with Crippen molar-refractivity contribution < 1.29 is 0 Å². The maximum Gasteiger partial charge on any atom is 0.0174 e.